The van der Waals surface area contributed by atoms with Crippen molar-refractivity contribution in [1.29, 1.82) is 0 Å². The number of methoxy groups -OCH3 is 3. The first-order chi connectivity index (χ1) is 16.7. The monoisotopic (exact) mass is 551 g/mol. The Morgan fingerprint density at radius 1 is 1.08 bits per heavy atom. The van der Waals surface area contributed by atoms with E-state index < -0.39 is 0 Å². The van der Waals surface area contributed by atoms with Crippen molar-refractivity contribution in [3.8, 4) is 23.0 Å². The van der Waals surface area contributed by atoms with Crippen LogP contribution in [0.5, 0.6) is 23.0 Å². The number of fused-ring (bicyclic) bond motifs is 1. The fourth-order valence-corrected chi connectivity index (χ4v) is 4.81. The summed E-state index contributed by atoms with van der Waals surface area (Å²) >= 11 is 0. The number of rotatable bonds is 9. The second kappa shape index (κ2) is 13.6. The summed E-state index contributed by atoms with van der Waals surface area (Å²) in [7, 11) is 6.66. The van der Waals surface area contributed by atoms with Crippen LogP contribution in [0.1, 0.15) is 47.2 Å². The van der Waals surface area contributed by atoms with Gasteiger partial charge in [-0.2, -0.15) is 18.5 Å². The Morgan fingerprint density at radius 2 is 1.68 bits per heavy atom. The maximum Gasteiger partial charge on any atom is 0.247 e. The number of nitrogens with one attached hydrogen (secondary N) is 2. The lowest BCUT2D eigenvalue weighted by Crippen LogP contribution is -2.50. The van der Waals surface area contributed by atoms with Gasteiger partial charge in [-0.1, -0.05) is 28.7 Å². The topological polar surface area (TPSA) is 107 Å². The number of carbonyl (C=O) groups is 1. The standard InChI is InChI=1S/C25H35N5O5.2CH4.H2S/c1-13(2)21-24(31)28-20-14(3)26-25(29-23(20)30(21)4)27-16-8-15(9-16)12-35-17-10-18(32-5)22(34-7)19(11-17)33-6;;;/h10-11,13,15-16,21H,8-9,12H2,1-7H3,(H,28,31)(H,26,27,29);2*1H4;1H2/t15?,16?,21-;;;/m0.../s1. The Hall–Kier alpha value is -3.08. The lowest BCUT2D eigenvalue weighted by Gasteiger charge is -2.38. The zero-order valence-corrected chi connectivity index (χ0v) is 23.0. The molecule has 2 N–H and O–H groups in total. The highest BCUT2D eigenvalue weighted by Crippen LogP contribution is 2.41. The molecule has 0 unspecified atom stereocenters. The summed E-state index contributed by atoms with van der Waals surface area (Å²) < 4.78 is 22.2. The summed E-state index contributed by atoms with van der Waals surface area (Å²) in [6, 6.07) is 3.62. The van der Waals surface area contributed by atoms with Crippen molar-refractivity contribution in [2.75, 3.05) is 50.5 Å². The summed E-state index contributed by atoms with van der Waals surface area (Å²) in [5.41, 5.74) is 1.44. The number of anilines is 3. The van der Waals surface area contributed by atoms with Gasteiger partial charge in [0, 0.05) is 25.2 Å². The van der Waals surface area contributed by atoms with E-state index in [9.17, 15) is 4.79 Å². The van der Waals surface area contributed by atoms with Gasteiger partial charge in [-0.25, -0.2) is 4.98 Å². The van der Waals surface area contributed by atoms with Crippen molar-refractivity contribution in [2.45, 2.75) is 60.5 Å². The minimum Gasteiger partial charge on any atom is -0.493 e. The second-order valence-corrected chi connectivity index (χ2v) is 9.47. The van der Waals surface area contributed by atoms with Gasteiger partial charge in [0.2, 0.25) is 17.6 Å². The Morgan fingerprint density at radius 3 is 2.21 bits per heavy atom. The fraction of sp³-hybridized carbons (Fsp3) is 0.593. The van der Waals surface area contributed by atoms with Crippen LogP contribution in [-0.2, 0) is 4.79 Å². The zero-order chi connectivity index (χ0) is 25.3. The van der Waals surface area contributed by atoms with Gasteiger partial charge in [0.15, 0.2) is 17.3 Å². The first-order valence-electron chi connectivity index (χ1n) is 11.9. The molecule has 2 aliphatic rings. The number of hydrogen-bond donors (Lipinski definition) is 2. The first kappa shape index (κ1) is 32.9. The highest BCUT2D eigenvalue weighted by atomic mass is 32.1. The van der Waals surface area contributed by atoms with Crippen molar-refractivity contribution in [3.05, 3.63) is 17.8 Å². The highest BCUT2D eigenvalue weighted by molar-refractivity contribution is 7.59. The molecule has 1 aromatic heterocycles. The Balaban J connectivity index is 0.00000241. The molecule has 0 spiro atoms. The third-order valence-corrected chi connectivity index (χ3v) is 6.66. The van der Waals surface area contributed by atoms with Gasteiger partial charge in [0.1, 0.15) is 17.5 Å². The lowest BCUT2D eigenvalue weighted by atomic mass is 9.81. The number of nitrogens with zero attached hydrogens (tertiary/aromatic N) is 3. The Bertz CT molecular complexity index is 1070. The highest BCUT2D eigenvalue weighted by Gasteiger charge is 2.36. The number of aryl methyl sites for hydroxylation is 1. The van der Waals surface area contributed by atoms with E-state index in [1.165, 1.54) is 0 Å². The molecule has 1 aliphatic carbocycles. The van der Waals surface area contributed by atoms with Crippen molar-refractivity contribution in [2.24, 2.45) is 11.8 Å². The summed E-state index contributed by atoms with van der Waals surface area (Å²) in [5.74, 6) is 4.24. The minimum atomic E-state index is -0.259. The number of likely N-dealkylation sites (N-methyl/N-ethyl adjacent to an activating group) is 1. The van der Waals surface area contributed by atoms with E-state index in [1.807, 2.05) is 32.7 Å². The summed E-state index contributed by atoms with van der Waals surface area (Å²) in [6.07, 6.45) is 1.90. The number of ether oxygens (including phenoxy) is 4. The average molecular weight is 552 g/mol. The Labute approximate surface area is 234 Å². The van der Waals surface area contributed by atoms with Crippen molar-refractivity contribution in [1.82, 2.24) is 9.97 Å². The minimum absolute atomic E-state index is 0. The number of hydrogen-bond acceptors (Lipinski definition) is 9. The molecule has 38 heavy (non-hydrogen) atoms. The number of benzene rings is 1. The van der Waals surface area contributed by atoms with E-state index in [0.29, 0.717) is 47.2 Å². The van der Waals surface area contributed by atoms with Crippen LogP contribution in [0.25, 0.3) is 0 Å². The average Bonchev–Trinajstić information content (AvgIpc) is 2.80. The van der Waals surface area contributed by atoms with Crippen LogP contribution in [0.2, 0.25) is 0 Å². The molecule has 0 radical (unpaired) electrons. The van der Waals surface area contributed by atoms with E-state index in [1.54, 1.807) is 33.5 Å². The molecule has 1 amide bonds. The largest absolute Gasteiger partial charge is 0.493 e. The Kier molecular flexibility index (Phi) is 11.8. The predicted octanol–water partition coefficient (Wildman–Crippen LogP) is 4.88. The molecule has 214 valence electrons. The maximum atomic E-state index is 12.5. The number of aromatic nitrogens is 2. The van der Waals surface area contributed by atoms with Crippen molar-refractivity contribution >= 4 is 36.9 Å². The SMILES string of the molecule is C.C.COc1cc(OCC2CC(Nc3nc(C)c4c(n3)N(C)[C@@H](C(C)C)C(=O)N4)C2)cc(OC)c1OC.S. The third-order valence-electron chi connectivity index (χ3n) is 6.66. The molecular formula is C27H45N5O5S. The molecule has 1 fully saturated rings. The quantitative estimate of drug-likeness (QED) is 0.451. The molecule has 11 heteroatoms. The van der Waals surface area contributed by atoms with Gasteiger partial charge in [-0.3, -0.25) is 4.79 Å². The van der Waals surface area contributed by atoms with Crippen LogP contribution < -0.4 is 34.5 Å². The third kappa shape index (κ3) is 6.48. The molecule has 2 heterocycles. The van der Waals surface area contributed by atoms with Crippen LogP contribution >= 0.6 is 13.5 Å². The maximum absolute atomic E-state index is 12.5. The van der Waals surface area contributed by atoms with Gasteiger partial charge < -0.3 is 34.5 Å². The molecule has 1 aromatic carbocycles. The van der Waals surface area contributed by atoms with Crippen LogP contribution in [0.15, 0.2) is 12.1 Å². The van der Waals surface area contributed by atoms with Crippen molar-refractivity contribution in [3.63, 3.8) is 0 Å². The van der Waals surface area contributed by atoms with Gasteiger partial charge in [-0.05, 0) is 31.6 Å². The van der Waals surface area contributed by atoms with E-state index >= 15 is 0 Å². The van der Waals surface area contributed by atoms with E-state index in [4.69, 9.17) is 23.9 Å². The molecule has 0 saturated heterocycles. The van der Waals surface area contributed by atoms with Crippen LogP contribution in [0.3, 0.4) is 0 Å². The van der Waals surface area contributed by atoms with E-state index in [-0.39, 0.29) is 52.3 Å². The molecule has 2 aromatic rings. The van der Waals surface area contributed by atoms with Gasteiger partial charge in [0.25, 0.3) is 0 Å². The molecule has 0 bridgehead atoms. The van der Waals surface area contributed by atoms with E-state index in [2.05, 4.69) is 15.6 Å². The first-order valence-corrected chi connectivity index (χ1v) is 11.9. The molecule has 1 atom stereocenters. The number of amides is 1. The van der Waals surface area contributed by atoms with Crippen LogP contribution in [0, 0.1) is 18.8 Å². The smallest absolute Gasteiger partial charge is 0.247 e. The summed E-state index contributed by atoms with van der Waals surface area (Å²) in [6.45, 7) is 6.55. The number of carbonyl (C=O) groups excluding carboxylic acids is 1. The molecule has 10 nitrogen and oxygen atoms in total. The van der Waals surface area contributed by atoms with E-state index in [0.717, 1.165) is 24.4 Å². The molecular weight excluding hydrogens is 506 g/mol. The lowest BCUT2D eigenvalue weighted by molar-refractivity contribution is -0.118. The van der Waals surface area contributed by atoms with Gasteiger partial charge in [-0.15, -0.1) is 0 Å². The van der Waals surface area contributed by atoms with Gasteiger partial charge in [0.05, 0.1) is 33.6 Å². The molecule has 1 aliphatic heterocycles. The summed E-state index contributed by atoms with van der Waals surface area (Å²) in [4.78, 5) is 23.8. The van der Waals surface area contributed by atoms with Crippen LogP contribution in [0.4, 0.5) is 17.5 Å². The zero-order valence-electron chi connectivity index (χ0n) is 22.0. The normalized spacial score (nSPS) is 19.4. The molecule has 1 saturated carbocycles. The van der Waals surface area contributed by atoms with Crippen LogP contribution in [-0.4, -0.2) is 62.9 Å². The van der Waals surface area contributed by atoms with Crippen molar-refractivity contribution < 1.29 is 23.7 Å². The second-order valence-electron chi connectivity index (χ2n) is 9.47. The van der Waals surface area contributed by atoms with Gasteiger partial charge >= 0.3 is 0 Å². The molecule has 4 rings (SSSR count). The summed E-state index contributed by atoms with van der Waals surface area (Å²) in [5, 5.41) is 6.44. The fourth-order valence-electron chi connectivity index (χ4n) is 4.81. The predicted molar refractivity (Wildman–Crippen MR) is 158 cm³/mol.